The molecule has 0 aromatic rings. The summed E-state index contributed by atoms with van der Waals surface area (Å²) in [5.41, 5.74) is 0. The van der Waals surface area contributed by atoms with Crippen LogP contribution in [0.2, 0.25) is 0 Å². The van der Waals surface area contributed by atoms with Crippen molar-refractivity contribution >= 4 is 5.97 Å². The van der Waals surface area contributed by atoms with E-state index in [1.54, 1.807) is 0 Å². The summed E-state index contributed by atoms with van der Waals surface area (Å²) < 4.78 is 1.18. The summed E-state index contributed by atoms with van der Waals surface area (Å²) in [5, 5.41) is 8.80. The molecule has 0 aliphatic rings. The summed E-state index contributed by atoms with van der Waals surface area (Å²) in [6.07, 6.45) is 22.0. The molecular formula is C25H52NO2+. The summed E-state index contributed by atoms with van der Waals surface area (Å²) in [4.78, 5) is 10.7. The van der Waals surface area contributed by atoms with Crippen molar-refractivity contribution in [2.24, 2.45) is 0 Å². The van der Waals surface area contributed by atoms with Crippen molar-refractivity contribution in [1.82, 2.24) is 0 Å². The maximum absolute atomic E-state index is 10.7. The van der Waals surface area contributed by atoms with E-state index in [0.717, 1.165) is 19.4 Å². The van der Waals surface area contributed by atoms with Gasteiger partial charge >= 0.3 is 5.97 Å². The van der Waals surface area contributed by atoms with E-state index in [-0.39, 0.29) is 0 Å². The van der Waals surface area contributed by atoms with Gasteiger partial charge in [-0.1, -0.05) is 84.0 Å². The van der Waals surface area contributed by atoms with Gasteiger partial charge in [0.2, 0.25) is 0 Å². The van der Waals surface area contributed by atoms with Crippen molar-refractivity contribution < 1.29 is 14.4 Å². The molecule has 0 aliphatic carbocycles. The third kappa shape index (κ3) is 16.4. The summed E-state index contributed by atoms with van der Waals surface area (Å²) in [6.45, 7) is 11.7. The van der Waals surface area contributed by atoms with E-state index in [4.69, 9.17) is 5.11 Å². The lowest BCUT2D eigenvalue weighted by atomic mass is 10.0. The van der Waals surface area contributed by atoms with Crippen LogP contribution in [-0.2, 0) is 4.79 Å². The van der Waals surface area contributed by atoms with Gasteiger partial charge in [-0.15, -0.1) is 0 Å². The summed E-state index contributed by atoms with van der Waals surface area (Å²) >= 11 is 0. The van der Waals surface area contributed by atoms with Crippen molar-refractivity contribution in [1.29, 1.82) is 0 Å². The highest BCUT2D eigenvalue weighted by molar-refractivity contribution is 5.66. The van der Waals surface area contributed by atoms with Crippen LogP contribution in [0.15, 0.2) is 0 Å². The molecule has 0 bridgehead atoms. The number of carboxylic acids is 1. The number of aliphatic carboxylic acids is 1. The molecule has 0 amide bonds. The van der Waals surface area contributed by atoms with Gasteiger partial charge in [-0.2, -0.15) is 0 Å². The SMILES string of the molecule is CCCCCCCCCCCCCCCC[N+](CC)(CC)CCCCC(=O)O. The minimum absolute atomic E-state index is 0.326. The zero-order valence-corrected chi connectivity index (χ0v) is 19.7. The molecule has 0 aromatic carbocycles. The van der Waals surface area contributed by atoms with Crippen molar-refractivity contribution in [2.45, 2.75) is 130 Å². The van der Waals surface area contributed by atoms with E-state index in [9.17, 15) is 4.79 Å². The highest BCUT2D eigenvalue weighted by atomic mass is 16.4. The van der Waals surface area contributed by atoms with Crippen molar-refractivity contribution in [3.8, 4) is 0 Å². The predicted molar refractivity (Wildman–Crippen MR) is 123 cm³/mol. The second-order valence-corrected chi connectivity index (χ2v) is 8.87. The standard InChI is InChI=1S/C25H51NO2/c1-4-7-8-9-10-11-12-13-14-15-16-17-18-20-23-26(5-2,6-3)24-21-19-22-25(27)28/h4-24H2,1-3H3/p+1. The molecule has 0 spiro atoms. The van der Waals surface area contributed by atoms with E-state index in [1.165, 1.54) is 114 Å². The molecule has 3 nitrogen and oxygen atoms in total. The quantitative estimate of drug-likeness (QED) is 0.151. The third-order valence-corrected chi connectivity index (χ3v) is 6.60. The first-order chi connectivity index (χ1) is 13.6. The lowest BCUT2D eigenvalue weighted by Gasteiger charge is -2.37. The van der Waals surface area contributed by atoms with E-state index >= 15 is 0 Å². The molecule has 0 atom stereocenters. The Balaban J connectivity index is 3.55. The molecule has 0 saturated heterocycles. The van der Waals surface area contributed by atoms with Crippen LogP contribution >= 0.6 is 0 Å². The summed E-state index contributed by atoms with van der Waals surface area (Å²) in [7, 11) is 0. The Morgan fingerprint density at radius 3 is 1.29 bits per heavy atom. The lowest BCUT2D eigenvalue weighted by molar-refractivity contribution is -0.925. The summed E-state index contributed by atoms with van der Waals surface area (Å²) in [6, 6.07) is 0. The molecule has 0 aromatic heterocycles. The normalized spacial score (nSPS) is 11.8. The first-order valence-corrected chi connectivity index (χ1v) is 12.7. The number of hydrogen-bond acceptors (Lipinski definition) is 1. The van der Waals surface area contributed by atoms with Gasteiger partial charge in [0.15, 0.2) is 0 Å². The molecule has 0 aliphatic heterocycles. The topological polar surface area (TPSA) is 37.3 Å². The fourth-order valence-electron chi connectivity index (χ4n) is 4.33. The van der Waals surface area contributed by atoms with Gasteiger partial charge in [0.1, 0.15) is 0 Å². The summed E-state index contributed by atoms with van der Waals surface area (Å²) in [5.74, 6) is -0.655. The van der Waals surface area contributed by atoms with E-state index < -0.39 is 5.97 Å². The first kappa shape index (κ1) is 27.4. The molecule has 28 heavy (non-hydrogen) atoms. The van der Waals surface area contributed by atoms with Gasteiger partial charge in [-0.05, 0) is 39.5 Å². The molecule has 0 unspecified atom stereocenters. The van der Waals surface area contributed by atoms with Crippen LogP contribution in [0.5, 0.6) is 0 Å². The molecule has 0 rings (SSSR count). The monoisotopic (exact) mass is 398 g/mol. The predicted octanol–water partition coefficient (Wildman–Crippen LogP) is 7.58. The maximum atomic E-state index is 10.7. The van der Waals surface area contributed by atoms with Crippen molar-refractivity contribution in [3.63, 3.8) is 0 Å². The number of carbonyl (C=O) groups is 1. The Kier molecular flexibility index (Phi) is 19.3. The Hall–Kier alpha value is -0.570. The van der Waals surface area contributed by atoms with Gasteiger partial charge in [-0.3, -0.25) is 4.79 Å². The van der Waals surface area contributed by atoms with Crippen LogP contribution in [-0.4, -0.2) is 41.7 Å². The zero-order chi connectivity index (χ0) is 20.9. The van der Waals surface area contributed by atoms with E-state index in [0.29, 0.717) is 6.42 Å². The second-order valence-electron chi connectivity index (χ2n) is 8.87. The smallest absolute Gasteiger partial charge is 0.303 e. The third-order valence-electron chi connectivity index (χ3n) is 6.60. The molecule has 1 N–H and O–H groups in total. The fraction of sp³-hybridized carbons (Fsp3) is 0.960. The van der Waals surface area contributed by atoms with Crippen molar-refractivity contribution in [3.05, 3.63) is 0 Å². The number of unbranched alkanes of at least 4 members (excludes halogenated alkanes) is 14. The molecule has 0 radical (unpaired) electrons. The first-order valence-electron chi connectivity index (χ1n) is 12.7. The Bertz CT molecular complexity index is 339. The molecule has 0 fully saturated rings. The number of hydrogen-bond donors (Lipinski definition) is 1. The van der Waals surface area contributed by atoms with Gasteiger partial charge in [-0.25, -0.2) is 0 Å². The van der Waals surface area contributed by atoms with Gasteiger partial charge in [0, 0.05) is 6.42 Å². The highest BCUT2D eigenvalue weighted by Crippen LogP contribution is 2.16. The maximum Gasteiger partial charge on any atom is 0.303 e. The number of quaternary nitrogens is 1. The van der Waals surface area contributed by atoms with Crippen LogP contribution in [0.4, 0.5) is 0 Å². The van der Waals surface area contributed by atoms with Gasteiger partial charge < -0.3 is 9.59 Å². The largest absolute Gasteiger partial charge is 0.481 e. The van der Waals surface area contributed by atoms with Crippen LogP contribution < -0.4 is 0 Å². The number of nitrogens with zero attached hydrogens (tertiary/aromatic N) is 1. The number of rotatable bonds is 22. The van der Waals surface area contributed by atoms with Crippen LogP contribution in [0.1, 0.15) is 130 Å². The Labute approximate surface area is 176 Å². The Morgan fingerprint density at radius 1 is 0.571 bits per heavy atom. The number of carboxylic acid groups (broad SMARTS) is 1. The van der Waals surface area contributed by atoms with E-state index in [2.05, 4.69) is 20.8 Å². The van der Waals surface area contributed by atoms with Crippen molar-refractivity contribution in [2.75, 3.05) is 26.2 Å². The van der Waals surface area contributed by atoms with Crippen LogP contribution in [0.25, 0.3) is 0 Å². The average molecular weight is 399 g/mol. The fourth-order valence-corrected chi connectivity index (χ4v) is 4.33. The minimum atomic E-state index is -0.655. The zero-order valence-electron chi connectivity index (χ0n) is 19.7. The molecular weight excluding hydrogens is 346 g/mol. The molecule has 0 heterocycles. The van der Waals surface area contributed by atoms with Crippen LogP contribution in [0, 0.1) is 0 Å². The molecule has 168 valence electrons. The van der Waals surface area contributed by atoms with Gasteiger partial charge in [0.25, 0.3) is 0 Å². The minimum Gasteiger partial charge on any atom is -0.481 e. The highest BCUT2D eigenvalue weighted by Gasteiger charge is 2.21. The van der Waals surface area contributed by atoms with E-state index in [1.807, 2.05) is 0 Å². The van der Waals surface area contributed by atoms with Gasteiger partial charge in [0.05, 0.1) is 26.2 Å². The Morgan fingerprint density at radius 2 is 0.929 bits per heavy atom. The molecule has 3 heteroatoms. The second kappa shape index (κ2) is 19.7. The average Bonchev–Trinajstić information content (AvgIpc) is 2.70. The lowest BCUT2D eigenvalue weighted by Crippen LogP contribution is -2.49. The van der Waals surface area contributed by atoms with Crippen LogP contribution in [0.3, 0.4) is 0 Å². The molecule has 0 saturated carbocycles.